The number of halogens is 2. The standard InChI is InChI=1S/C17H12Cl2N2O3S2/c1-26(23,24)12-5-2-10(3-6-12)16(22)21-17-20-15(9-25-17)11-4-7-13(18)14(19)8-11/h2-9H,1H3,(H,20,21,22). The third-order valence-electron chi connectivity index (χ3n) is 3.48. The Morgan fingerprint density at radius 2 is 1.77 bits per heavy atom. The number of carbonyl (C=O) groups is 1. The van der Waals surface area contributed by atoms with Crippen LogP contribution in [0.1, 0.15) is 10.4 Å². The van der Waals surface area contributed by atoms with Gasteiger partial charge in [0.05, 0.1) is 20.6 Å². The summed E-state index contributed by atoms with van der Waals surface area (Å²) in [5, 5.41) is 5.79. The molecule has 1 aromatic heterocycles. The maximum Gasteiger partial charge on any atom is 0.257 e. The molecule has 0 aliphatic carbocycles. The van der Waals surface area contributed by atoms with E-state index in [1.807, 2.05) is 0 Å². The van der Waals surface area contributed by atoms with Gasteiger partial charge in [-0.25, -0.2) is 13.4 Å². The topological polar surface area (TPSA) is 76.1 Å². The normalized spacial score (nSPS) is 11.3. The Balaban J connectivity index is 1.76. The summed E-state index contributed by atoms with van der Waals surface area (Å²) in [6.07, 6.45) is 1.11. The molecule has 0 fully saturated rings. The number of amides is 1. The number of sulfone groups is 1. The number of thiazole rings is 1. The van der Waals surface area contributed by atoms with Crippen molar-refractivity contribution in [1.29, 1.82) is 0 Å². The second-order valence-corrected chi connectivity index (χ2v) is 9.11. The monoisotopic (exact) mass is 426 g/mol. The van der Waals surface area contributed by atoms with Gasteiger partial charge in [0.15, 0.2) is 15.0 Å². The zero-order valence-electron chi connectivity index (χ0n) is 13.4. The fourth-order valence-corrected chi connectivity index (χ4v) is 3.79. The largest absolute Gasteiger partial charge is 0.298 e. The van der Waals surface area contributed by atoms with Crippen LogP contribution in [0.4, 0.5) is 5.13 Å². The summed E-state index contributed by atoms with van der Waals surface area (Å²) in [6, 6.07) is 10.9. The quantitative estimate of drug-likeness (QED) is 0.651. The van der Waals surface area contributed by atoms with Crippen LogP contribution in [0.5, 0.6) is 0 Å². The van der Waals surface area contributed by atoms with E-state index in [-0.39, 0.29) is 10.8 Å². The van der Waals surface area contributed by atoms with Crippen molar-refractivity contribution in [3.05, 3.63) is 63.5 Å². The summed E-state index contributed by atoms with van der Waals surface area (Å²) in [4.78, 5) is 16.8. The Morgan fingerprint density at radius 3 is 2.38 bits per heavy atom. The first kappa shape index (κ1) is 18.8. The molecule has 0 aliphatic rings. The van der Waals surface area contributed by atoms with Crippen LogP contribution in [0, 0.1) is 0 Å². The highest BCUT2D eigenvalue weighted by Crippen LogP contribution is 2.30. The van der Waals surface area contributed by atoms with Crippen molar-refractivity contribution < 1.29 is 13.2 Å². The van der Waals surface area contributed by atoms with Gasteiger partial charge in [0.2, 0.25) is 0 Å². The van der Waals surface area contributed by atoms with Crippen molar-refractivity contribution in [2.45, 2.75) is 4.90 Å². The Bertz CT molecular complexity index is 1080. The van der Waals surface area contributed by atoms with Crippen LogP contribution in [0.15, 0.2) is 52.7 Å². The number of hydrogen-bond acceptors (Lipinski definition) is 5. The lowest BCUT2D eigenvalue weighted by Crippen LogP contribution is -2.11. The van der Waals surface area contributed by atoms with Gasteiger partial charge in [-0.05, 0) is 36.4 Å². The highest BCUT2D eigenvalue weighted by atomic mass is 35.5. The molecule has 0 atom stereocenters. The van der Waals surface area contributed by atoms with E-state index in [2.05, 4.69) is 10.3 Å². The number of anilines is 1. The van der Waals surface area contributed by atoms with Crippen LogP contribution in [0.2, 0.25) is 10.0 Å². The molecule has 134 valence electrons. The molecule has 1 N–H and O–H groups in total. The summed E-state index contributed by atoms with van der Waals surface area (Å²) in [6.45, 7) is 0. The zero-order chi connectivity index (χ0) is 18.9. The predicted molar refractivity (Wildman–Crippen MR) is 105 cm³/mol. The number of nitrogens with one attached hydrogen (secondary N) is 1. The average molecular weight is 427 g/mol. The number of nitrogens with zero attached hydrogens (tertiary/aromatic N) is 1. The number of aromatic nitrogens is 1. The molecule has 0 unspecified atom stereocenters. The Kier molecular flexibility index (Phi) is 5.34. The second-order valence-electron chi connectivity index (χ2n) is 5.42. The summed E-state index contributed by atoms with van der Waals surface area (Å²) >= 11 is 13.2. The van der Waals surface area contributed by atoms with Crippen molar-refractivity contribution >= 4 is 55.4 Å². The number of benzene rings is 2. The molecule has 1 amide bonds. The Labute approximate surface area is 164 Å². The van der Waals surface area contributed by atoms with Gasteiger partial charge >= 0.3 is 0 Å². The molecular formula is C17H12Cl2N2O3S2. The van der Waals surface area contributed by atoms with E-state index in [1.165, 1.54) is 35.6 Å². The molecule has 26 heavy (non-hydrogen) atoms. The van der Waals surface area contributed by atoms with E-state index >= 15 is 0 Å². The van der Waals surface area contributed by atoms with E-state index in [1.54, 1.807) is 23.6 Å². The zero-order valence-corrected chi connectivity index (χ0v) is 16.5. The van der Waals surface area contributed by atoms with Crippen molar-refractivity contribution in [3.8, 4) is 11.3 Å². The molecule has 1 heterocycles. The van der Waals surface area contributed by atoms with Gasteiger partial charge in [0, 0.05) is 22.8 Å². The molecule has 0 aliphatic heterocycles. The van der Waals surface area contributed by atoms with Crippen molar-refractivity contribution in [1.82, 2.24) is 4.98 Å². The molecule has 2 aromatic carbocycles. The van der Waals surface area contributed by atoms with Crippen LogP contribution < -0.4 is 5.32 Å². The minimum Gasteiger partial charge on any atom is -0.298 e. The predicted octanol–water partition coefficient (Wildman–Crippen LogP) is 4.77. The fourth-order valence-electron chi connectivity index (χ4n) is 2.14. The Morgan fingerprint density at radius 1 is 1.08 bits per heavy atom. The molecule has 9 heteroatoms. The van der Waals surface area contributed by atoms with Gasteiger partial charge in [-0.15, -0.1) is 11.3 Å². The average Bonchev–Trinajstić information content (AvgIpc) is 3.05. The highest BCUT2D eigenvalue weighted by molar-refractivity contribution is 7.90. The summed E-state index contributed by atoms with van der Waals surface area (Å²) in [7, 11) is -3.30. The lowest BCUT2D eigenvalue weighted by atomic mass is 10.2. The third-order valence-corrected chi connectivity index (χ3v) is 6.11. The molecular weight excluding hydrogens is 415 g/mol. The fraction of sp³-hybridized carbons (Fsp3) is 0.0588. The summed E-state index contributed by atoms with van der Waals surface area (Å²) in [5.41, 5.74) is 1.79. The molecule has 3 aromatic rings. The molecule has 0 bridgehead atoms. The van der Waals surface area contributed by atoms with Gasteiger partial charge in [-0.2, -0.15) is 0 Å². The van der Waals surface area contributed by atoms with Crippen LogP contribution >= 0.6 is 34.5 Å². The lowest BCUT2D eigenvalue weighted by Gasteiger charge is -2.03. The van der Waals surface area contributed by atoms with Crippen LogP contribution in [-0.2, 0) is 9.84 Å². The van der Waals surface area contributed by atoms with E-state index in [9.17, 15) is 13.2 Å². The van der Waals surface area contributed by atoms with E-state index in [0.29, 0.717) is 26.4 Å². The molecule has 0 saturated heterocycles. The number of hydrogen-bond donors (Lipinski definition) is 1. The van der Waals surface area contributed by atoms with E-state index in [0.717, 1.165) is 11.8 Å². The molecule has 0 radical (unpaired) electrons. The van der Waals surface area contributed by atoms with Crippen LogP contribution in [-0.4, -0.2) is 25.6 Å². The van der Waals surface area contributed by atoms with Crippen molar-refractivity contribution in [2.24, 2.45) is 0 Å². The lowest BCUT2D eigenvalue weighted by molar-refractivity contribution is 0.102. The maximum absolute atomic E-state index is 12.3. The van der Waals surface area contributed by atoms with Crippen LogP contribution in [0.25, 0.3) is 11.3 Å². The molecule has 0 saturated carbocycles. The first-order valence-corrected chi connectivity index (χ1v) is 10.8. The number of carbonyl (C=O) groups excluding carboxylic acids is 1. The van der Waals surface area contributed by atoms with Gasteiger partial charge in [0.1, 0.15) is 0 Å². The number of rotatable bonds is 4. The van der Waals surface area contributed by atoms with Gasteiger partial charge < -0.3 is 0 Å². The third kappa shape index (κ3) is 4.24. The first-order chi connectivity index (χ1) is 12.2. The first-order valence-electron chi connectivity index (χ1n) is 7.26. The van der Waals surface area contributed by atoms with Crippen molar-refractivity contribution in [2.75, 3.05) is 11.6 Å². The summed E-state index contributed by atoms with van der Waals surface area (Å²) < 4.78 is 22.9. The highest BCUT2D eigenvalue weighted by Gasteiger charge is 2.12. The smallest absolute Gasteiger partial charge is 0.257 e. The van der Waals surface area contributed by atoms with E-state index in [4.69, 9.17) is 23.2 Å². The SMILES string of the molecule is CS(=O)(=O)c1ccc(C(=O)Nc2nc(-c3ccc(Cl)c(Cl)c3)cs2)cc1. The minimum absolute atomic E-state index is 0.158. The van der Waals surface area contributed by atoms with E-state index < -0.39 is 9.84 Å². The van der Waals surface area contributed by atoms with Crippen molar-refractivity contribution in [3.63, 3.8) is 0 Å². The van der Waals surface area contributed by atoms with Crippen LogP contribution in [0.3, 0.4) is 0 Å². The molecule has 3 rings (SSSR count). The minimum atomic E-state index is -3.30. The summed E-state index contributed by atoms with van der Waals surface area (Å²) in [5.74, 6) is -0.375. The molecule has 0 spiro atoms. The maximum atomic E-state index is 12.3. The molecule has 5 nitrogen and oxygen atoms in total. The van der Waals surface area contributed by atoms with Gasteiger partial charge in [-0.3, -0.25) is 10.1 Å². The van der Waals surface area contributed by atoms with Gasteiger partial charge in [0.25, 0.3) is 5.91 Å². The Hall–Kier alpha value is -1.93. The van der Waals surface area contributed by atoms with Gasteiger partial charge in [-0.1, -0.05) is 29.3 Å². The second kappa shape index (κ2) is 7.36.